The minimum atomic E-state index is 0.349. The van der Waals surface area contributed by atoms with Gasteiger partial charge in [0.25, 0.3) is 0 Å². The monoisotopic (exact) mass is 325 g/mol. The van der Waals surface area contributed by atoms with Gasteiger partial charge in [-0.3, -0.25) is 0 Å². The van der Waals surface area contributed by atoms with Gasteiger partial charge in [0.05, 0.1) is 12.7 Å². The number of thiocarbonyl (C=S) groups is 1. The Labute approximate surface area is 119 Å². The number of halogens is 1. The van der Waals surface area contributed by atoms with Crippen molar-refractivity contribution in [3.05, 3.63) is 46.1 Å². The summed E-state index contributed by atoms with van der Waals surface area (Å²) in [4.78, 5) is 4.47. The van der Waals surface area contributed by atoms with Gasteiger partial charge in [0.15, 0.2) is 0 Å². The minimum Gasteiger partial charge on any atom is -0.444 e. The van der Waals surface area contributed by atoms with E-state index < -0.39 is 0 Å². The number of aryl methyl sites for hydroxylation is 1. The van der Waals surface area contributed by atoms with E-state index in [2.05, 4.69) is 26.2 Å². The number of anilines is 1. The summed E-state index contributed by atoms with van der Waals surface area (Å²) in [6, 6.07) is 5.71. The Balaban J connectivity index is 2.16. The lowest BCUT2D eigenvalue weighted by Crippen LogP contribution is -2.13. The second-order valence-electron chi connectivity index (χ2n) is 3.77. The summed E-state index contributed by atoms with van der Waals surface area (Å²) in [6.07, 6.45) is 1.69. The fraction of sp³-hybridized carbons (Fsp3) is 0.167. The SMILES string of the molecule is Cc1cnc(CNc2ccc(Br)cc2C(N)=S)o1. The van der Waals surface area contributed by atoms with Crippen LogP contribution in [0.2, 0.25) is 0 Å². The lowest BCUT2D eigenvalue weighted by atomic mass is 10.2. The number of nitrogens with zero attached hydrogens (tertiary/aromatic N) is 1. The highest BCUT2D eigenvalue weighted by Crippen LogP contribution is 2.21. The molecule has 3 N–H and O–H groups in total. The largest absolute Gasteiger partial charge is 0.444 e. The number of rotatable bonds is 4. The number of hydrogen-bond acceptors (Lipinski definition) is 4. The van der Waals surface area contributed by atoms with Gasteiger partial charge in [-0.25, -0.2) is 4.98 Å². The zero-order valence-electron chi connectivity index (χ0n) is 9.74. The van der Waals surface area contributed by atoms with Crippen molar-refractivity contribution in [1.29, 1.82) is 0 Å². The van der Waals surface area contributed by atoms with Crippen LogP contribution in [0.1, 0.15) is 17.2 Å². The lowest BCUT2D eigenvalue weighted by Gasteiger charge is -2.10. The first kappa shape index (κ1) is 13.0. The Bertz CT molecular complexity index is 582. The van der Waals surface area contributed by atoms with Crippen LogP contribution in [0.5, 0.6) is 0 Å². The van der Waals surface area contributed by atoms with Crippen LogP contribution in [0.3, 0.4) is 0 Å². The first-order valence-electron chi connectivity index (χ1n) is 5.31. The van der Waals surface area contributed by atoms with Gasteiger partial charge in [-0.05, 0) is 25.1 Å². The van der Waals surface area contributed by atoms with Gasteiger partial charge in [0, 0.05) is 15.7 Å². The highest BCUT2D eigenvalue weighted by Gasteiger charge is 2.07. The van der Waals surface area contributed by atoms with Crippen molar-refractivity contribution in [2.24, 2.45) is 5.73 Å². The molecule has 0 saturated heterocycles. The zero-order valence-corrected chi connectivity index (χ0v) is 12.1. The molecule has 0 bridgehead atoms. The third-order valence-electron chi connectivity index (χ3n) is 2.35. The number of aromatic nitrogens is 1. The molecule has 4 nitrogen and oxygen atoms in total. The van der Waals surface area contributed by atoms with Crippen LogP contribution in [0.15, 0.2) is 33.3 Å². The van der Waals surface area contributed by atoms with Crippen molar-refractivity contribution >= 4 is 38.8 Å². The van der Waals surface area contributed by atoms with E-state index in [9.17, 15) is 0 Å². The quantitative estimate of drug-likeness (QED) is 0.846. The molecule has 0 saturated carbocycles. The highest BCUT2D eigenvalue weighted by molar-refractivity contribution is 9.10. The van der Waals surface area contributed by atoms with Crippen molar-refractivity contribution in [2.45, 2.75) is 13.5 Å². The molecule has 2 rings (SSSR count). The van der Waals surface area contributed by atoms with E-state index in [0.717, 1.165) is 21.5 Å². The standard InChI is InChI=1S/C12H12BrN3OS/c1-7-5-16-11(17-7)6-15-10-3-2-8(13)4-9(10)12(14)18/h2-5,15H,6H2,1H3,(H2,14,18). The molecule has 0 radical (unpaired) electrons. The van der Waals surface area contributed by atoms with Crippen molar-refractivity contribution in [3.63, 3.8) is 0 Å². The summed E-state index contributed by atoms with van der Waals surface area (Å²) in [5.41, 5.74) is 7.34. The van der Waals surface area contributed by atoms with E-state index in [1.807, 2.05) is 25.1 Å². The van der Waals surface area contributed by atoms with E-state index in [1.165, 1.54) is 0 Å². The fourth-order valence-corrected chi connectivity index (χ4v) is 2.06. The summed E-state index contributed by atoms with van der Waals surface area (Å²) in [5.74, 6) is 1.42. The first-order valence-corrected chi connectivity index (χ1v) is 6.51. The van der Waals surface area contributed by atoms with Gasteiger partial charge in [-0.2, -0.15) is 0 Å². The summed E-state index contributed by atoms with van der Waals surface area (Å²) in [5, 5.41) is 3.21. The second-order valence-corrected chi connectivity index (χ2v) is 5.13. The normalized spacial score (nSPS) is 10.3. The van der Waals surface area contributed by atoms with Crippen molar-refractivity contribution in [3.8, 4) is 0 Å². The second kappa shape index (κ2) is 5.49. The van der Waals surface area contributed by atoms with Gasteiger partial charge in [-0.15, -0.1) is 0 Å². The maximum absolute atomic E-state index is 5.69. The Morgan fingerprint density at radius 2 is 2.33 bits per heavy atom. The molecule has 18 heavy (non-hydrogen) atoms. The molecule has 0 aliphatic carbocycles. The number of nitrogens with one attached hydrogen (secondary N) is 1. The smallest absolute Gasteiger partial charge is 0.213 e. The molecule has 0 unspecified atom stereocenters. The maximum atomic E-state index is 5.69. The third kappa shape index (κ3) is 3.08. The Morgan fingerprint density at radius 3 is 2.94 bits per heavy atom. The zero-order chi connectivity index (χ0) is 13.1. The minimum absolute atomic E-state index is 0.349. The molecule has 0 fully saturated rings. The lowest BCUT2D eigenvalue weighted by molar-refractivity contribution is 0.479. The third-order valence-corrected chi connectivity index (χ3v) is 3.06. The Morgan fingerprint density at radius 1 is 1.56 bits per heavy atom. The molecule has 0 amide bonds. The highest BCUT2D eigenvalue weighted by atomic mass is 79.9. The molecule has 1 aromatic heterocycles. The van der Waals surface area contributed by atoms with Crippen LogP contribution < -0.4 is 11.1 Å². The van der Waals surface area contributed by atoms with E-state index >= 15 is 0 Å². The van der Waals surface area contributed by atoms with Crippen LogP contribution in [0.25, 0.3) is 0 Å². The molecule has 2 aromatic rings. The molecule has 6 heteroatoms. The molecule has 1 heterocycles. The van der Waals surface area contributed by atoms with Crippen molar-refractivity contribution in [1.82, 2.24) is 4.98 Å². The number of nitrogens with two attached hydrogens (primary N) is 1. The molecule has 0 aliphatic heterocycles. The summed E-state index contributed by atoms with van der Waals surface area (Å²) in [7, 11) is 0. The molecule has 0 spiro atoms. The molecule has 0 atom stereocenters. The average Bonchev–Trinajstić information content (AvgIpc) is 2.73. The van der Waals surface area contributed by atoms with Crippen LogP contribution in [-0.2, 0) is 6.54 Å². The topological polar surface area (TPSA) is 64.1 Å². The first-order chi connectivity index (χ1) is 8.56. The Hall–Kier alpha value is -1.40. The predicted octanol–water partition coefficient (Wildman–Crippen LogP) is 2.99. The van der Waals surface area contributed by atoms with Crippen LogP contribution in [0, 0.1) is 6.92 Å². The fourth-order valence-electron chi connectivity index (χ4n) is 1.53. The average molecular weight is 326 g/mol. The number of oxazole rings is 1. The van der Waals surface area contributed by atoms with Gasteiger partial charge >= 0.3 is 0 Å². The van der Waals surface area contributed by atoms with Crippen LogP contribution >= 0.6 is 28.1 Å². The van der Waals surface area contributed by atoms with E-state index in [-0.39, 0.29) is 0 Å². The van der Waals surface area contributed by atoms with Gasteiger partial charge < -0.3 is 15.5 Å². The Kier molecular flexibility index (Phi) is 3.98. The summed E-state index contributed by atoms with van der Waals surface area (Å²) < 4.78 is 6.32. The van der Waals surface area contributed by atoms with Crippen LogP contribution in [0.4, 0.5) is 5.69 Å². The molecular formula is C12H12BrN3OS. The van der Waals surface area contributed by atoms with Crippen molar-refractivity contribution < 1.29 is 4.42 Å². The van der Waals surface area contributed by atoms with E-state index in [1.54, 1.807) is 6.20 Å². The maximum Gasteiger partial charge on any atom is 0.213 e. The van der Waals surface area contributed by atoms with E-state index in [0.29, 0.717) is 17.4 Å². The van der Waals surface area contributed by atoms with Gasteiger partial charge in [0.2, 0.25) is 5.89 Å². The molecule has 0 aliphatic rings. The molecule has 1 aromatic carbocycles. The summed E-state index contributed by atoms with van der Waals surface area (Å²) in [6.45, 7) is 2.35. The van der Waals surface area contributed by atoms with Gasteiger partial charge in [-0.1, -0.05) is 28.1 Å². The van der Waals surface area contributed by atoms with Crippen LogP contribution in [-0.4, -0.2) is 9.97 Å². The molecular weight excluding hydrogens is 314 g/mol. The number of hydrogen-bond donors (Lipinski definition) is 2. The van der Waals surface area contributed by atoms with E-state index in [4.69, 9.17) is 22.4 Å². The number of benzene rings is 1. The van der Waals surface area contributed by atoms with Gasteiger partial charge in [0.1, 0.15) is 10.7 Å². The van der Waals surface area contributed by atoms with Crippen molar-refractivity contribution in [2.75, 3.05) is 5.32 Å². The predicted molar refractivity (Wildman–Crippen MR) is 78.6 cm³/mol. The molecule has 94 valence electrons. The summed E-state index contributed by atoms with van der Waals surface area (Å²) >= 11 is 8.41.